The topological polar surface area (TPSA) is 4.93 Å². The van der Waals surface area contributed by atoms with E-state index in [1.54, 1.807) is 0 Å². The minimum Gasteiger partial charge on any atom is -0.309 e. The number of hydrogen-bond acceptors (Lipinski definition) is 0. The normalized spacial score (nSPS) is 11.5. The van der Waals surface area contributed by atoms with Gasteiger partial charge in [-0.3, -0.25) is 0 Å². The molecule has 0 unspecified atom stereocenters. The first kappa shape index (κ1) is 17.1. The second kappa shape index (κ2) is 6.60. The van der Waals surface area contributed by atoms with Crippen molar-refractivity contribution in [3.05, 3.63) is 115 Å². The van der Waals surface area contributed by atoms with Gasteiger partial charge in [-0.2, -0.15) is 0 Å². The maximum Gasteiger partial charge on any atom is 0.0619 e. The van der Waals surface area contributed by atoms with Crippen LogP contribution >= 0.6 is 0 Å². The van der Waals surface area contributed by atoms with Crippen molar-refractivity contribution < 1.29 is 0 Å². The number of rotatable bonds is 2. The first-order chi connectivity index (χ1) is 14.8. The second-order valence-corrected chi connectivity index (χ2v) is 7.92. The van der Waals surface area contributed by atoms with Crippen LogP contribution in [0, 0.1) is 6.92 Å². The van der Waals surface area contributed by atoms with E-state index >= 15 is 0 Å². The molecule has 0 radical (unpaired) electrons. The Balaban J connectivity index is 1.83. The number of para-hydroxylation sites is 2. The van der Waals surface area contributed by atoms with Crippen molar-refractivity contribution >= 4 is 32.6 Å². The number of aromatic nitrogens is 1. The van der Waals surface area contributed by atoms with Gasteiger partial charge in [0.15, 0.2) is 0 Å². The van der Waals surface area contributed by atoms with Gasteiger partial charge in [-0.05, 0) is 47.7 Å². The van der Waals surface area contributed by atoms with Crippen LogP contribution < -0.4 is 0 Å². The largest absolute Gasteiger partial charge is 0.309 e. The number of benzene rings is 5. The summed E-state index contributed by atoms with van der Waals surface area (Å²) >= 11 is 0. The van der Waals surface area contributed by atoms with E-state index in [1.165, 1.54) is 55.0 Å². The molecule has 5 aromatic carbocycles. The van der Waals surface area contributed by atoms with E-state index in [2.05, 4.69) is 121 Å². The van der Waals surface area contributed by atoms with Crippen LogP contribution in [0.1, 0.15) is 5.56 Å². The number of fused-ring (bicyclic) bond motifs is 5. The van der Waals surface area contributed by atoms with Gasteiger partial charge in [-0.25, -0.2) is 0 Å². The Hall–Kier alpha value is -3.84. The lowest BCUT2D eigenvalue weighted by Crippen LogP contribution is -1.94. The summed E-state index contributed by atoms with van der Waals surface area (Å²) in [4.78, 5) is 0. The minimum absolute atomic E-state index is 1.19. The molecule has 0 aliphatic carbocycles. The predicted molar refractivity (Wildman–Crippen MR) is 128 cm³/mol. The number of hydrogen-bond donors (Lipinski definition) is 0. The fourth-order valence-electron chi connectivity index (χ4n) is 4.64. The van der Waals surface area contributed by atoms with Gasteiger partial charge in [0.2, 0.25) is 0 Å². The van der Waals surface area contributed by atoms with Crippen LogP contribution in [0.25, 0.3) is 49.4 Å². The average molecular weight is 383 g/mol. The van der Waals surface area contributed by atoms with Crippen molar-refractivity contribution in [1.82, 2.24) is 4.57 Å². The van der Waals surface area contributed by atoms with Crippen molar-refractivity contribution in [2.24, 2.45) is 0 Å². The molecular weight excluding hydrogens is 362 g/mol. The van der Waals surface area contributed by atoms with Gasteiger partial charge in [0.1, 0.15) is 0 Å². The summed E-state index contributed by atoms with van der Waals surface area (Å²) in [7, 11) is 0. The van der Waals surface area contributed by atoms with Crippen LogP contribution in [0.2, 0.25) is 0 Å². The first-order valence-electron chi connectivity index (χ1n) is 10.4. The highest BCUT2D eigenvalue weighted by Gasteiger charge is 2.17. The van der Waals surface area contributed by atoms with Crippen LogP contribution in [0.3, 0.4) is 0 Å². The van der Waals surface area contributed by atoms with E-state index in [1.807, 2.05) is 0 Å². The Morgan fingerprint density at radius 1 is 0.533 bits per heavy atom. The molecule has 0 saturated carbocycles. The molecule has 6 aromatic rings. The molecule has 1 heteroatoms. The highest BCUT2D eigenvalue weighted by atomic mass is 15.0. The lowest BCUT2D eigenvalue weighted by molar-refractivity contribution is 1.19. The Labute approximate surface area is 175 Å². The molecule has 0 amide bonds. The Bertz CT molecular complexity index is 1520. The standard InChI is InChI=1S/C29H21N/c1-20-15-17-21(18-16-20)26-19-27-24-12-7-8-14-28(24)30(22-9-3-2-4-10-22)29(27)25-13-6-5-11-23(25)26/h2-19H,1H3. The third-order valence-corrected chi connectivity index (χ3v) is 6.05. The highest BCUT2D eigenvalue weighted by Crippen LogP contribution is 2.41. The Kier molecular flexibility index (Phi) is 3.75. The van der Waals surface area contributed by atoms with Crippen LogP contribution in [0.4, 0.5) is 0 Å². The van der Waals surface area contributed by atoms with Crippen LogP contribution in [0.5, 0.6) is 0 Å². The van der Waals surface area contributed by atoms with E-state index in [0.717, 1.165) is 0 Å². The van der Waals surface area contributed by atoms with E-state index in [4.69, 9.17) is 0 Å². The lowest BCUT2D eigenvalue weighted by Gasteiger charge is -2.13. The molecule has 0 aliphatic heterocycles. The summed E-state index contributed by atoms with van der Waals surface area (Å²) in [5.41, 5.74) is 7.53. The molecular formula is C29H21N. The summed E-state index contributed by atoms with van der Waals surface area (Å²) in [6.07, 6.45) is 0. The van der Waals surface area contributed by atoms with E-state index in [9.17, 15) is 0 Å². The molecule has 0 atom stereocenters. The van der Waals surface area contributed by atoms with Gasteiger partial charge in [0.25, 0.3) is 0 Å². The summed E-state index contributed by atoms with van der Waals surface area (Å²) in [6, 6.07) is 39.4. The first-order valence-corrected chi connectivity index (χ1v) is 10.4. The van der Waals surface area contributed by atoms with Crippen molar-refractivity contribution in [3.8, 4) is 16.8 Å². The van der Waals surface area contributed by atoms with Crippen LogP contribution in [0.15, 0.2) is 109 Å². The van der Waals surface area contributed by atoms with Gasteiger partial charge >= 0.3 is 0 Å². The summed E-state index contributed by atoms with van der Waals surface area (Å²) < 4.78 is 2.41. The Morgan fingerprint density at radius 3 is 1.93 bits per heavy atom. The molecule has 30 heavy (non-hydrogen) atoms. The zero-order valence-corrected chi connectivity index (χ0v) is 16.8. The Morgan fingerprint density at radius 2 is 1.17 bits per heavy atom. The molecule has 1 nitrogen and oxygen atoms in total. The third-order valence-electron chi connectivity index (χ3n) is 6.05. The fraction of sp³-hybridized carbons (Fsp3) is 0.0345. The van der Waals surface area contributed by atoms with E-state index in [0.29, 0.717) is 0 Å². The summed E-state index contributed by atoms with van der Waals surface area (Å²) in [5.74, 6) is 0. The van der Waals surface area contributed by atoms with Gasteiger partial charge < -0.3 is 4.57 Å². The van der Waals surface area contributed by atoms with Crippen molar-refractivity contribution in [3.63, 3.8) is 0 Å². The molecule has 0 spiro atoms. The summed E-state index contributed by atoms with van der Waals surface area (Å²) in [5, 5.41) is 5.15. The molecule has 1 heterocycles. The smallest absolute Gasteiger partial charge is 0.0619 e. The van der Waals surface area contributed by atoms with Crippen molar-refractivity contribution in [2.75, 3.05) is 0 Å². The number of nitrogens with zero attached hydrogens (tertiary/aromatic N) is 1. The maximum atomic E-state index is 2.41. The number of aryl methyl sites for hydroxylation is 1. The predicted octanol–water partition coefficient (Wildman–Crippen LogP) is 7.91. The molecule has 6 rings (SSSR count). The quantitative estimate of drug-likeness (QED) is 0.286. The molecule has 0 bridgehead atoms. The molecule has 0 fully saturated rings. The average Bonchev–Trinajstić information content (AvgIpc) is 3.14. The molecule has 0 N–H and O–H groups in total. The van der Waals surface area contributed by atoms with E-state index < -0.39 is 0 Å². The van der Waals surface area contributed by atoms with Crippen LogP contribution in [-0.4, -0.2) is 4.57 Å². The molecule has 0 aliphatic rings. The van der Waals surface area contributed by atoms with Gasteiger partial charge in [0.05, 0.1) is 11.0 Å². The molecule has 142 valence electrons. The van der Waals surface area contributed by atoms with Gasteiger partial charge in [-0.15, -0.1) is 0 Å². The molecule has 0 saturated heterocycles. The van der Waals surface area contributed by atoms with Crippen molar-refractivity contribution in [2.45, 2.75) is 6.92 Å². The van der Waals surface area contributed by atoms with Gasteiger partial charge in [-0.1, -0.05) is 90.5 Å². The zero-order valence-electron chi connectivity index (χ0n) is 16.8. The summed E-state index contributed by atoms with van der Waals surface area (Å²) in [6.45, 7) is 2.14. The fourth-order valence-corrected chi connectivity index (χ4v) is 4.64. The second-order valence-electron chi connectivity index (χ2n) is 7.92. The lowest BCUT2D eigenvalue weighted by atomic mass is 9.95. The van der Waals surface area contributed by atoms with Crippen molar-refractivity contribution in [1.29, 1.82) is 0 Å². The minimum atomic E-state index is 1.19. The van der Waals surface area contributed by atoms with Crippen LogP contribution in [-0.2, 0) is 0 Å². The van der Waals surface area contributed by atoms with E-state index in [-0.39, 0.29) is 0 Å². The maximum absolute atomic E-state index is 2.41. The monoisotopic (exact) mass is 383 g/mol. The third kappa shape index (κ3) is 2.49. The zero-order chi connectivity index (χ0) is 20.1. The SMILES string of the molecule is Cc1ccc(-c2cc3c4ccccc4n(-c4ccccc4)c3c3ccccc23)cc1. The highest BCUT2D eigenvalue weighted by molar-refractivity contribution is 6.22. The van der Waals surface area contributed by atoms with Gasteiger partial charge in [0, 0.05) is 21.8 Å². The molecule has 1 aromatic heterocycles.